The summed E-state index contributed by atoms with van der Waals surface area (Å²) in [7, 11) is 0. The van der Waals surface area contributed by atoms with Crippen molar-refractivity contribution in [1.82, 2.24) is 0 Å². The van der Waals surface area contributed by atoms with Crippen molar-refractivity contribution >= 4 is 17.9 Å². The monoisotopic (exact) mass is 943 g/mol. The third-order valence-electron chi connectivity index (χ3n) is 11.6. The first-order chi connectivity index (χ1) is 33.5. The molecule has 0 aromatic rings. The number of hydrogen-bond acceptors (Lipinski definition) is 6. The van der Waals surface area contributed by atoms with Gasteiger partial charge in [-0.25, -0.2) is 0 Å². The quantitative estimate of drug-likeness (QED) is 0.0199. The Hall–Kier alpha value is -3.93. The number of carbonyl (C=O) groups excluding carboxylic acids is 3. The molecule has 0 aliphatic rings. The first kappa shape index (κ1) is 64.1. The highest BCUT2D eigenvalue weighted by Gasteiger charge is 2.19. The van der Waals surface area contributed by atoms with E-state index in [2.05, 4.69) is 130 Å². The van der Waals surface area contributed by atoms with Crippen molar-refractivity contribution in [1.29, 1.82) is 0 Å². The molecule has 0 saturated carbocycles. The van der Waals surface area contributed by atoms with Crippen molar-refractivity contribution in [2.45, 2.75) is 252 Å². The highest BCUT2D eigenvalue weighted by atomic mass is 16.6. The molecule has 6 nitrogen and oxygen atoms in total. The van der Waals surface area contributed by atoms with E-state index in [9.17, 15) is 14.4 Å². The van der Waals surface area contributed by atoms with Crippen molar-refractivity contribution in [2.75, 3.05) is 13.2 Å². The highest BCUT2D eigenvalue weighted by molar-refractivity contribution is 5.71. The number of esters is 3. The number of hydrogen-bond donors (Lipinski definition) is 0. The standard InChI is InChI=1S/C62H102O6/c1-4-7-10-13-16-19-22-25-28-30-32-34-37-40-43-46-49-52-55-61(64)67-58-59(57-66-60(63)54-51-48-45-42-39-36-33-27-24-21-18-15-12-9-6-3)68-62(65)56-53-50-47-44-41-38-35-31-29-26-23-20-17-14-11-8-5-2/h9,12,15-22,24-26,28-30,32,34,59H,4-8,10-11,13-14,23,27,31,33,35-58H2,1-3H3/b12-9-,18-15-,19-16-,20-17-,24-21-,25-22-,29-26-,30-28-,34-32-. The fourth-order valence-corrected chi connectivity index (χ4v) is 7.42. The van der Waals surface area contributed by atoms with Gasteiger partial charge < -0.3 is 14.2 Å². The van der Waals surface area contributed by atoms with E-state index in [1.165, 1.54) is 96.3 Å². The van der Waals surface area contributed by atoms with Gasteiger partial charge in [0.05, 0.1) is 0 Å². The van der Waals surface area contributed by atoms with Crippen molar-refractivity contribution in [3.8, 4) is 0 Å². The predicted molar refractivity (Wildman–Crippen MR) is 293 cm³/mol. The maximum absolute atomic E-state index is 12.9. The Balaban J connectivity index is 4.48. The summed E-state index contributed by atoms with van der Waals surface area (Å²) < 4.78 is 16.8. The predicted octanol–water partition coefficient (Wildman–Crippen LogP) is 18.7. The fraction of sp³-hybridized carbons (Fsp3) is 0.661. The Morgan fingerprint density at radius 1 is 0.324 bits per heavy atom. The zero-order valence-corrected chi connectivity index (χ0v) is 44.1. The zero-order chi connectivity index (χ0) is 49.3. The number of rotatable bonds is 49. The van der Waals surface area contributed by atoms with Crippen molar-refractivity contribution in [3.63, 3.8) is 0 Å². The van der Waals surface area contributed by atoms with Crippen LogP contribution in [0.3, 0.4) is 0 Å². The SMILES string of the molecule is CC\C=C/C=C\C=C/CCCCCCCCCC(=O)OCC(COC(=O)CCCCCCC\C=C/C=C\C=C/C=C\CCCCC)OC(=O)CCCCCCCCC/C=C\C/C=C\CCCCC. The fourth-order valence-electron chi connectivity index (χ4n) is 7.42. The van der Waals surface area contributed by atoms with Crippen molar-refractivity contribution in [3.05, 3.63) is 109 Å². The number of ether oxygens (including phenoxy) is 3. The molecule has 0 radical (unpaired) electrons. The minimum absolute atomic E-state index is 0.0973. The first-order valence-electron chi connectivity index (χ1n) is 28.0. The lowest BCUT2D eigenvalue weighted by atomic mass is 10.1. The smallest absolute Gasteiger partial charge is 0.306 e. The lowest BCUT2D eigenvalue weighted by molar-refractivity contribution is -0.167. The van der Waals surface area contributed by atoms with Crippen LogP contribution < -0.4 is 0 Å². The van der Waals surface area contributed by atoms with Crippen LogP contribution in [0.4, 0.5) is 0 Å². The third kappa shape index (κ3) is 53.0. The summed E-state index contributed by atoms with van der Waals surface area (Å²) in [6.07, 6.45) is 74.9. The zero-order valence-electron chi connectivity index (χ0n) is 44.1. The van der Waals surface area contributed by atoms with E-state index in [1.807, 2.05) is 0 Å². The second kappa shape index (κ2) is 55.7. The van der Waals surface area contributed by atoms with E-state index in [0.717, 1.165) is 109 Å². The van der Waals surface area contributed by atoms with E-state index in [0.29, 0.717) is 19.3 Å². The molecule has 0 aliphatic carbocycles. The van der Waals surface area contributed by atoms with Crippen molar-refractivity contribution < 1.29 is 28.6 Å². The molecular formula is C62H102O6. The topological polar surface area (TPSA) is 78.9 Å². The van der Waals surface area contributed by atoms with Crippen LogP contribution in [-0.4, -0.2) is 37.2 Å². The maximum Gasteiger partial charge on any atom is 0.306 e. The van der Waals surface area contributed by atoms with Gasteiger partial charge in [-0.1, -0.05) is 239 Å². The Bertz CT molecular complexity index is 1410. The molecule has 0 bridgehead atoms. The van der Waals surface area contributed by atoms with Crippen LogP contribution >= 0.6 is 0 Å². The van der Waals surface area contributed by atoms with E-state index < -0.39 is 6.10 Å². The Kier molecular flexibility index (Phi) is 52.4. The van der Waals surface area contributed by atoms with Gasteiger partial charge in [-0.2, -0.15) is 0 Å². The molecule has 1 unspecified atom stereocenters. The van der Waals surface area contributed by atoms with Gasteiger partial charge in [0.1, 0.15) is 13.2 Å². The van der Waals surface area contributed by atoms with Crippen LogP contribution in [0, 0.1) is 0 Å². The second-order valence-electron chi connectivity index (χ2n) is 18.3. The molecule has 0 aromatic heterocycles. The molecule has 0 aromatic carbocycles. The van der Waals surface area contributed by atoms with E-state index >= 15 is 0 Å². The largest absolute Gasteiger partial charge is 0.462 e. The van der Waals surface area contributed by atoms with Crippen LogP contribution in [-0.2, 0) is 28.6 Å². The van der Waals surface area contributed by atoms with Gasteiger partial charge in [0, 0.05) is 19.3 Å². The lowest BCUT2D eigenvalue weighted by Crippen LogP contribution is -2.30. The molecule has 0 amide bonds. The van der Waals surface area contributed by atoms with Crippen LogP contribution in [0.1, 0.15) is 245 Å². The summed E-state index contributed by atoms with van der Waals surface area (Å²) in [5.41, 5.74) is 0. The molecule has 0 heterocycles. The van der Waals surface area contributed by atoms with Crippen LogP contribution in [0.2, 0.25) is 0 Å². The molecule has 1 atom stereocenters. The van der Waals surface area contributed by atoms with Gasteiger partial charge in [0.25, 0.3) is 0 Å². The summed E-state index contributed by atoms with van der Waals surface area (Å²) in [6, 6.07) is 0. The summed E-state index contributed by atoms with van der Waals surface area (Å²) in [4.78, 5) is 38.1. The van der Waals surface area contributed by atoms with Crippen molar-refractivity contribution in [2.24, 2.45) is 0 Å². The lowest BCUT2D eigenvalue weighted by Gasteiger charge is -2.18. The maximum atomic E-state index is 12.9. The van der Waals surface area contributed by atoms with Crippen LogP contribution in [0.5, 0.6) is 0 Å². The Morgan fingerprint density at radius 2 is 0.632 bits per heavy atom. The first-order valence-corrected chi connectivity index (χ1v) is 28.0. The highest BCUT2D eigenvalue weighted by Crippen LogP contribution is 2.14. The number of allylic oxidation sites excluding steroid dienone is 18. The average Bonchev–Trinajstić information content (AvgIpc) is 3.34. The molecular weight excluding hydrogens is 841 g/mol. The molecule has 68 heavy (non-hydrogen) atoms. The van der Waals surface area contributed by atoms with Gasteiger partial charge >= 0.3 is 17.9 Å². The van der Waals surface area contributed by atoms with Crippen LogP contribution in [0.25, 0.3) is 0 Å². The molecule has 0 rings (SSSR count). The van der Waals surface area contributed by atoms with Gasteiger partial charge in [0.2, 0.25) is 0 Å². The molecule has 0 spiro atoms. The number of carbonyl (C=O) groups is 3. The normalized spacial score (nSPS) is 12.9. The molecule has 0 N–H and O–H groups in total. The summed E-state index contributed by atoms with van der Waals surface area (Å²) in [6.45, 7) is 6.41. The summed E-state index contributed by atoms with van der Waals surface area (Å²) >= 11 is 0. The molecule has 0 aliphatic heterocycles. The van der Waals surface area contributed by atoms with Gasteiger partial charge in [-0.3, -0.25) is 14.4 Å². The van der Waals surface area contributed by atoms with E-state index in [4.69, 9.17) is 14.2 Å². The Labute approximate surface area is 419 Å². The Morgan fingerprint density at radius 3 is 1.01 bits per heavy atom. The summed E-state index contributed by atoms with van der Waals surface area (Å²) in [5, 5.41) is 0. The van der Waals surface area contributed by atoms with E-state index in [1.54, 1.807) is 0 Å². The molecule has 6 heteroatoms. The van der Waals surface area contributed by atoms with Gasteiger partial charge in [-0.05, 0) is 96.3 Å². The van der Waals surface area contributed by atoms with Gasteiger partial charge in [-0.15, -0.1) is 0 Å². The minimum Gasteiger partial charge on any atom is -0.462 e. The molecule has 0 saturated heterocycles. The summed E-state index contributed by atoms with van der Waals surface area (Å²) in [5.74, 6) is -0.940. The molecule has 386 valence electrons. The third-order valence-corrected chi connectivity index (χ3v) is 11.6. The molecule has 0 fully saturated rings. The average molecular weight is 943 g/mol. The van der Waals surface area contributed by atoms with Crippen LogP contribution in [0.15, 0.2) is 109 Å². The second-order valence-corrected chi connectivity index (χ2v) is 18.3. The number of unbranched alkanes of at least 4 members (excludes halogenated alkanes) is 25. The van der Waals surface area contributed by atoms with E-state index in [-0.39, 0.29) is 31.1 Å². The minimum atomic E-state index is -0.800. The van der Waals surface area contributed by atoms with Gasteiger partial charge in [0.15, 0.2) is 6.10 Å².